The number of piperazine rings is 1. The lowest BCUT2D eigenvalue weighted by molar-refractivity contribution is -0.115. The lowest BCUT2D eigenvalue weighted by Crippen LogP contribution is -2.47. The van der Waals surface area contributed by atoms with E-state index in [0.717, 1.165) is 48.3 Å². The van der Waals surface area contributed by atoms with E-state index in [9.17, 15) is 14.4 Å². The minimum absolute atomic E-state index is 0.215. The zero-order valence-corrected chi connectivity index (χ0v) is 19.3. The van der Waals surface area contributed by atoms with Gasteiger partial charge in [-0.3, -0.25) is 28.8 Å². The molecule has 2 aromatic heterocycles. The molecule has 34 heavy (non-hydrogen) atoms. The number of Topliss-reactive ketones (excluding diaryl/α,β-unsaturated/α-hetero) is 2. The first-order valence-corrected chi connectivity index (χ1v) is 11.8. The van der Waals surface area contributed by atoms with Crippen molar-refractivity contribution in [3.63, 3.8) is 0 Å². The van der Waals surface area contributed by atoms with Crippen LogP contribution in [0.4, 0.5) is 5.82 Å². The molecule has 5 rings (SSSR count). The van der Waals surface area contributed by atoms with Crippen LogP contribution in [0, 0.1) is 5.92 Å². The van der Waals surface area contributed by atoms with Gasteiger partial charge in [-0.05, 0) is 54.5 Å². The van der Waals surface area contributed by atoms with Crippen molar-refractivity contribution in [1.29, 1.82) is 0 Å². The molecule has 178 valence electrons. The summed E-state index contributed by atoms with van der Waals surface area (Å²) in [5.41, 5.74) is 3.09. The van der Waals surface area contributed by atoms with E-state index in [0.29, 0.717) is 37.8 Å². The predicted molar refractivity (Wildman–Crippen MR) is 132 cm³/mol. The van der Waals surface area contributed by atoms with E-state index in [4.69, 9.17) is 6.85 Å². The van der Waals surface area contributed by atoms with Crippen LogP contribution in [0.25, 0.3) is 6.08 Å². The van der Waals surface area contributed by atoms with Gasteiger partial charge in [-0.2, -0.15) is 0 Å². The van der Waals surface area contributed by atoms with Gasteiger partial charge in [0.25, 0.3) is 5.56 Å². The van der Waals surface area contributed by atoms with Crippen LogP contribution < -0.4 is 10.5 Å². The summed E-state index contributed by atoms with van der Waals surface area (Å²) in [7, 11) is 1.56. The molecule has 0 radical (unpaired) electrons. The number of hydrogen-bond acceptors (Lipinski definition) is 6. The normalized spacial score (nSPS) is 21.6. The van der Waals surface area contributed by atoms with Crippen LogP contribution in [-0.2, 0) is 24.8 Å². The number of ketones is 2. The maximum Gasteiger partial charge on any atom is 0.262 e. The minimum Gasteiger partial charge on any atom is -0.355 e. The molecule has 2 aliphatic carbocycles. The van der Waals surface area contributed by atoms with Gasteiger partial charge in [0.2, 0.25) is 0 Å². The van der Waals surface area contributed by atoms with E-state index < -0.39 is 31.0 Å². The summed E-state index contributed by atoms with van der Waals surface area (Å²) < 4.78 is 38.7. The van der Waals surface area contributed by atoms with Crippen molar-refractivity contribution in [1.82, 2.24) is 14.5 Å². The molecular formula is C27H32N4O3. The molecular weight excluding hydrogens is 428 g/mol. The molecule has 7 heteroatoms. The van der Waals surface area contributed by atoms with E-state index in [1.54, 1.807) is 13.1 Å². The Labute approximate surface area is 207 Å². The highest BCUT2D eigenvalue weighted by molar-refractivity contribution is 6.04. The SMILES string of the molecule is [2H]C([2H])([2H])C([2H])([2H])CC(=O)c1ccc(N2CCN(Cc3cnc4c(c3)CC(=O)C(C3CC3)=C4)CC2)n(C)c1=O. The Bertz CT molecular complexity index is 1400. The number of anilines is 1. The van der Waals surface area contributed by atoms with Gasteiger partial charge in [-0.15, -0.1) is 0 Å². The predicted octanol–water partition coefficient (Wildman–Crippen LogP) is 3.00. The van der Waals surface area contributed by atoms with Crippen molar-refractivity contribution in [3.05, 3.63) is 62.7 Å². The Balaban J connectivity index is 1.21. The van der Waals surface area contributed by atoms with E-state index in [1.807, 2.05) is 12.3 Å². The number of hydrogen-bond donors (Lipinski definition) is 0. The van der Waals surface area contributed by atoms with Gasteiger partial charge in [-0.1, -0.05) is 12.9 Å². The van der Waals surface area contributed by atoms with Crippen LogP contribution in [0.1, 0.15) is 66.5 Å². The van der Waals surface area contributed by atoms with Crippen LogP contribution in [0.15, 0.2) is 34.8 Å². The van der Waals surface area contributed by atoms with Crippen molar-refractivity contribution in [2.24, 2.45) is 13.0 Å². The zero-order valence-electron chi connectivity index (χ0n) is 24.3. The Kier molecular flexibility index (Phi) is 4.75. The number of carbonyl (C=O) groups is 2. The second kappa shape index (κ2) is 9.29. The molecule has 1 saturated carbocycles. The van der Waals surface area contributed by atoms with E-state index in [-0.39, 0.29) is 11.3 Å². The fourth-order valence-electron chi connectivity index (χ4n) is 4.90. The summed E-state index contributed by atoms with van der Waals surface area (Å²) in [4.78, 5) is 47.0. The topological polar surface area (TPSA) is 75.5 Å². The van der Waals surface area contributed by atoms with Gasteiger partial charge in [0, 0.05) is 71.2 Å². The molecule has 0 spiro atoms. The van der Waals surface area contributed by atoms with Gasteiger partial charge in [0.15, 0.2) is 11.6 Å². The summed E-state index contributed by atoms with van der Waals surface area (Å²) in [6.45, 7) is 0.555. The third-order valence-electron chi connectivity index (χ3n) is 6.97. The molecule has 7 nitrogen and oxygen atoms in total. The number of nitrogens with zero attached hydrogens (tertiary/aromatic N) is 4. The highest BCUT2D eigenvalue weighted by atomic mass is 16.1. The van der Waals surface area contributed by atoms with E-state index >= 15 is 0 Å². The van der Waals surface area contributed by atoms with Crippen LogP contribution in [-0.4, -0.2) is 52.2 Å². The molecule has 2 fully saturated rings. The Morgan fingerprint density at radius 3 is 2.74 bits per heavy atom. The number of rotatable bonds is 7. The lowest BCUT2D eigenvalue weighted by atomic mass is 9.91. The van der Waals surface area contributed by atoms with Crippen molar-refractivity contribution in [2.45, 2.75) is 45.5 Å². The number of allylic oxidation sites excluding steroid dienone is 1. The van der Waals surface area contributed by atoms with Crippen molar-refractivity contribution in [3.8, 4) is 0 Å². The van der Waals surface area contributed by atoms with Crippen LogP contribution in [0.3, 0.4) is 0 Å². The van der Waals surface area contributed by atoms with Crippen LogP contribution in [0.5, 0.6) is 0 Å². The first kappa shape index (κ1) is 17.4. The van der Waals surface area contributed by atoms with Crippen molar-refractivity contribution in [2.75, 3.05) is 31.1 Å². The molecule has 0 bridgehead atoms. The Morgan fingerprint density at radius 1 is 1.21 bits per heavy atom. The maximum absolute atomic E-state index is 12.9. The molecule has 0 atom stereocenters. The van der Waals surface area contributed by atoms with Crippen molar-refractivity contribution < 1.29 is 16.4 Å². The summed E-state index contributed by atoms with van der Waals surface area (Å²) in [6.07, 6.45) is 2.85. The van der Waals surface area contributed by atoms with E-state index in [1.165, 1.54) is 10.6 Å². The largest absolute Gasteiger partial charge is 0.355 e. The monoisotopic (exact) mass is 465 g/mol. The average Bonchev–Trinajstić information content (AvgIpc) is 3.70. The third kappa shape index (κ3) is 4.49. The highest BCUT2D eigenvalue weighted by Gasteiger charge is 2.33. The molecule has 3 aliphatic rings. The quantitative estimate of drug-likeness (QED) is 0.585. The lowest BCUT2D eigenvalue weighted by Gasteiger charge is -2.36. The number of carbonyl (C=O) groups excluding carboxylic acids is 2. The molecule has 1 saturated heterocycles. The Morgan fingerprint density at radius 2 is 2.00 bits per heavy atom. The maximum atomic E-state index is 12.9. The molecule has 0 aromatic carbocycles. The van der Waals surface area contributed by atoms with Crippen molar-refractivity contribution >= 4 is 23.5 Å². The molecule has 2 aromatic rings. The first-order chi connectivity index (χ1) is 18.3. The van der Waals surface area contributed by atoms with Gasteiger partial charge < -0.3 is 4.90 Å². The summed E-state index contributed by atoms with van der Waals surface area (Å²) >= 11 is 0. The average molecular weight is 466 g/mol. The number of aromatic nitrogens is 2. The third-order valence-corrected chi connectivity index (χ3v) is 6.97. The summed E-state index contributed by atoms with van der Waals surface area (Å²) in [6, 6.07) is 5.11. The van der Waals surface area contributed by atoms with Crippen LogP contribution >= 0.6 is 0 Å². The molecule has 3 heterocycles. The standard InChI is InChI=1S/C27H32N4O3/c1-3-4-24(32)21-7-8-26(29(2)27(21)34)31-11-9-30(10-12-31)17-18-13-20-14-25(33)22(19-5-6-19)15-23(20)28-16-18/h7-8,13,15-16,19H,3-6,9-12,14,17H2,1-2H3/i1D3,3D2. The van der Waals surface area contributed by atoms with Gasteiger partial charge >= 0.3 is 0 Å². The smallest absolute Gasteiger partial charge is 0.262 e. The fraction of sp³-hybridized carbons (Fsp3) is 0.481. The number of fused-ring (bicyclic) bond motifs is 1. The highest BCUT2D eigenvalue weighted by Crippen LogP contribution is 2.40. The molecule has 0 N–H and O–H groups in total. The molecule has 1 aliphatic heterocycles. The summed E-state index contributed by atoms with van der Waals surface area (Å²) in [5.74, 6) is 0.453. The summed E-state index contributed by atoms with van der Waals surface area (Å²) in [5, 5.41) is 0. The van der Waals surface area contributed by atoms with Crippen LogP contribution in [0.2, 0.25) is 0 Å². The van der Waals surface area contributed by atoms with E-state index in [2.05, 4.69) is 20.9 Å². The zero-order chi connectivity index (χ0) is 28.1. The van der Waals surface area contributed by atoms with Gasteiger partial charge in [-0.25, -0.2) is 0 Å². The molecule has 0 unspecified atom stereocenters. The Hall–Kier alpha value is -3.06. The molecule has 0 amide bonds. The second-order valence-corrected chi connectivity index (χ2v) is 9.37. The minimum atomic E-state index is -2.96. The second-order valence-electron chi connectivity index (χ2n) is 9.37. The fourth-order valence-corrected chi connectivity index (χ4v) is 4.90. The first-order valence-electron chi connectivity index (χ1n) is 14.3. The van der Waals surface area contributed by atoms with Gasteiger partial charge in [0.05, 0.1) is 11.3 Å². The van der Waals surface area contributed by atoms with Gasteiger partial charge in [0.1, 0.15) is 5.82 Å². The number of pyridine rings is 2.